The standard InChI is InChI=1S/C13H13FN2O2S/c1-19(17,18)11-7-5-10(6-8-11)9-15-13-4-2-3-12(14)16-13/h2-8H,9H2,1H3,(H,15,16). The lowest BCUT2D eigenvalue weighted by molar-refractivity contribution is 0.585. The minimum Gasteiger partial charge on any atom is -0.366 e. The second kappa shape index (κ2) is 5.36. The van der Waals surface area contributed by atoms with Crippen molar-refractivity contribution in [2.24, 2.45) is 0 Å². The molecule has 0 fully saturated rings. The van der Waals surface area contributed by atoms with E-state index >= 15 is 0 Å². The van der Waals surface area contributed by atoms with Crippen LogP contribution in [0.25, 0.3) is 0 Å². The molecule has 1 aromatic heterocycles. The normalized spacial score (nSPS) is 11.3. The largest absolute Gasteiger partial charge is 0.366 e. The molecule has 1 heterocycles. The summed E-state index contributed by atoms with van der Waals surface area (Å²) >= 11 is 0. The Morgan fingerprint density at radius 3 is 2.42 bits per heavy atom. The molecule has 6 heteroatoms. The summed E-state index contributed by atoms with van der Waals surface area (Å²) in [7, 11) is -3.17. The van der Waals surface area contributed by atoms with Gasteiger partial charge >= 0.3 is 0 Å². The molecule has 0 radical (unpaired) electrons. The van der Waals surface area contributed by atoms with E-state index in [-0.39, 0.29) is 4.90 Å². The molecule has 0 aliphatic rings. The highest BCUT2D eigenvalue weighted by Gasteiger charge is 2.06. The first-order valence-corrected chi connectivity index (χ1v) is 7.50. The summed E-state index contributed by atoms with van der Waals surface area (Å²) in [6.07, 6.45) is 1.16. The van der Waals surface area contributed by atoms with E-state index in [1.54, 1.807) is 36.4 Å². The molecule has 19 heavy (non-hydrogen) atoms. The molecule has 0 bridgehead atoms. The van der Waals surface area contributed by atoms with Crippen LogP contribution >= 0.6 is 0 Å². The number of benzene rings is 1. The third-order valence-corrected chi connectivity index (χ3v) is 3.67. The molecular weight excluding hydrogens is 267 g/mol. The third-order valence-electron chi connectivity index (χ3n) is 2.54. The van der Waals surface area contributed by atoms with Crippen LogP contribution in [0.1, 0.15) is 5.56 Å². The molecule has 1 N–H and O–H groups in total. The number of rotatable bonds is 4. The van der Waals surface area contributed by atoms with Gasteiger partial charge in [0.05, 0.1) is 4.90 Å². The lowest BCUT2D eigenvalue weighted by Crippen LogP contribution is -2.03. The maximum Gasteiger partial charge on any atom is 0.214 e. The summed E-state index contributed by atoms with van der Waals surface area (Å²) < 4.78 is 35.4. The van der Waals surface area contributed by atoms with Crippen molar-refractivity contribution in [3.8, 4) is 0 Å². The zero-order chi connectivity index (χ0) is 13.9. The molecule has 2 aromatic rings. The van der Waals surface area contributed by atoms with Crippen molar-refractivity contribution in [2.45, 2.75) is 11.4 Å². The molecule has 0 unspecified atom stereocenters. The first kappa shape index (κ1) is 13.5. The van der Waals surface area contributed by atoms with Crippen LogP contribution in [0.5, 0.6) is 0 Å². The molecule has 100 valence electrons. The van der Waals surface area contributed by atoms with Crippen LogP contribution in [0.4, 0.5) is 10.2 Å². The van der Waals surface area contributed by atoms with Gasteiger partial charge in [0, 0.05) is 12.8 Å². The van der Waals surface area contributed by atoms with Gasteiger partial charge in [0.15, 0.2) is 9.84 Å². The molecule has 0 aliphatic carbocycles. The van der Waals surface area contributed by atoms with Crippen molar-refractivity contribution in [3.63, 3.8) is 0 Å². The van der Waals surface area contributed by atoms with E-state index in [4.69, 9.17) is 0 Å². The average Bonchev–Trinajstić information content (AvgIpc) is 2.36. The predicted octanol–water partition coefficient (Wildman–Crippen LogP) is 2.24. The predicted molar refractivity (Wildman–Crippen MR) is 71.1 cm³/mol. The number of nitrogens with one attached hydrogen (secondary N) is 1. The molecule has 0 amide bonds. The van der Waals surface area contributed by atoms with Crippen molar-refractivity contribution in [1.82, 2.24) is 4.98 Å². The maximum atomic E-state index is 12.9. The van der Waals surface area contributed by atoms with E-state index in [0.29, 0.717) is 12.4 Å². The van der Waals surface area contributed by atoms with E-state index < -0.39 is 15.8 Å². The van der Waals surface area contributed by atoms with E-state index in [1.807, 2.05) is 0 Å². The molecule has 0 spiro atoms. The summed E-state index contributed by atoms with van der Waals surface area (Å²) in [5.74, 6) is -0.107. The van der Waals surface area contributed by atoms with Gasteiger partial charge in [-0.2, -0.15) is 4.39 Å². The number of sulfone groups is 1. The average molecular weight is 280 g/mol. The van der Waals surface area contributed by atoms with Crippen molar-refractivity contribution in [1.29, 1.82) is 0 Å². The monoisotopic (exact) mass is 280 g/mol. The highest BCUT2D eigenvalue weighted by Crippen LogP contribution is 2.12. The summed E-state index contributed by atoms with van der Waals surface area (Å²) in [6, 6.07) is 11.0. The molecule has 0 atom stereocenters. The second-order valence-electron chi connectivity index (χ2n) is 4.12. The number of hydrogen-bond donors (Lipinski definition) is 1. The number of anilines is 1. The number of halogens is 1. The second-order valence-corrected chi connectivity index (χ2v) is 6.13. The summed E-state index contributed by atoms with van der Waals surface area (Å²) in [5.41, 5.74) is 0.887. The Hall–Kier alpha value is -1.95. The quantitative estimate of drug-likeness (QED) is 0.873. The lowest BCUT2D eigenvalue weighted by atomic mass is 10.2. The van der Waals surface area contributed by atoms with Crippen LogP contribution in [0, 0.1) is 5.95 Å². The van der Waals surface area contributed by atoms with E-state index in [9.17, 15) is 12.8 Å². The van der Waals surface area contributed by atoms with Gasteiger partial charge in [-0.05, 0) is 29.8 Å². The van der Waals surface area contributed by atoms with E-state index in [1.165, 1.54) is 6.07 Å². The molecular formula is C13H13FN2O2S. The molecule has 0 saturated heterocycles. The first-order chi connectivity index (χ1) is 8.95. The molecule has 4 nitrogen and oxygen atoms in total. The minimum absolute atomic E-state index is 0.278. The molecule has 0 saturated carbocycles. The topological polar surface area (TPSA) is 59.1 Å². The Morgan fingerprint density at radius 2 is 1.84 bits per heavy atom. The van der Waals surface area contributed by atoms with Gasteiger partial charge in [0.1, 0.15) is 5.82 Å². The SMILES string of the molecule is CS(=O)(=O)c1ccc(CNc2cccc(F)n2)cc1. The Morgan fingerprint density at radius 1 is 1.16 bits per heavy atom. The summed E-state index contributed by atoms with van der Waals surface area (Å²) in [4.78, 5) is 3.95. The third kappa shape index (κ3) is 3.75. The Kier molecular flexibility index (Phi) is 3.80. The smallest absolute Gasteiger partial charge is 0.214 e. The van der Waals surface area contributed by atoms with Gasteiger partial charge < -0.3 is 5.32 Å². The van der Waals surface area contributed by atoms with Crippen molar-refractivity contribution < 1.29 is 12.8 Å². The van der Waals surface area contributed by atoms with E-state index in [0.717, 1.165) is 11.8 Å². The molecule has 1 aromatic carbocycles. The Balaban J connectivity index is 2.05. The highest BCUT2D eigenvalue weighted by molar-refractivity contribution is 7.90. The van der Waals surface area contributed by atoms with Gasteiger partial charge in [0.25, 0.3) is 0 Å². The fourth-order valence-electron chi connectivity index (χ4n) is 1.55. The van der Waals surface area contributed by atoms with Gasteiger partial charge in [0.2, 0.25) is 5.95 Å². The van der Waals surface area contributed by atoms with Crippen LogP contribution in [-0.4, -0.2) is 19.7 Å². The fraction of sp³-hybridized carbons (Fsp3) is 0.154. The minimum atomic E-state index is -3.17. The molecule has 2 rings (SSSR count). The van der Waals surface area contributed by atoms with Gasteiger partial charge in [-0.25, -0.2) is 13.4 Å². The Bertz CT molecular complexity index is 669. The number of hydrogen-bond acceptors (Lipinski definition) is 4. The number of pyridine rings is 1. The van der Waals surface area contributed by atoms with Gasteiger partial charge in [-0.3, -0.25) is 0 Å². The van der Waals surface area contributed by atoms with Crippen molar-refractivity contribution in [3.05, 3.63) is 54.0 Å². The maximum absolute atomic E-state index is 12.9. The highest BCUT2D eigenvalue weighted by atomic mass is 32.2. The van der Waals surface area contributed by atoms with Crippen LogP contribution in [0.2, 0.25) is 0 Å². The first-order valence-electron chi connectivity index (χ1n) is 5.60. The van der Waals surface area contributed by atoms with E-state index in [2.05, 4.69) is 10.3 Å². The lowest BCUT2D eigenvalue weighted by Gasteiger charge is -2.06. The van der Waals surface area contributed by atoms with Crippen LogP contribution in [0.15, 0.2) is 47.4 Å². The van der Waals surface area contributed by atoms with Crippen LogP contribution < -0.4 is 5.32 Å². The number of aromatic nitrogens is 1. The summed E-state index contributed by atoms with van der Waals surface area (Å²) in [5, 5.41) is 2.96. The van der Waals surface area contributed by atoms with Gasteiger partial charge in [-0.1, -0.05) is 18.2 Å². The zero-order valence-electron chi connectivity index (χ0n) is 10.3. The Labute approximate surface area is 111 Å². The van der Waals surface area contributed by atoms with Crippen LogP contribution in [0.3, 0.4) is 0 Å². The number of nitrogens with zero attached hydrogens (tertiary/aromatic N) is 1. The fourth-order valence-corrected chi connectivity index (χ4v) is 2.18. The van der Waals surface area contributed by atoms with Gasteiger partial charge in [-0.15, -0.1) is 0 Å². The van der Waals surface area contributed by atoms with Crippen molar-refractivity contribution >= 4 is 15.7 Å². The van der Waals surface area contributed by atoms with Crippen LogP contribution in [-0.2, 0) is 16.4 Å². The molecule has 0 aliphatic heterocycles. The zero-order valence-corrected chi connectivity index (χ0v) is 11.1. The summed E-state index contributed by atoms with van der Waals surface area (Å²) in [6.45, 7) is 0.445. The van der Waals surface area contributed by atoms with Crippen molar-refractivity contribution in [2.75, 3.05) is 11.6 Å².